The molecule has 1 rings (SSSR count). The molecule has 0 saturated carbocycles. The minimum absolute atomic E-state index is 0.264. The fourth-order valence-electron chi connectivity index (χ4n) is 0.937. The van der Waals surface area contributed by atoms with Crippen molar-refractivity contribution in [3.8, 4) is 5.75 Å². The van der Waals surface area contributed by atoms with Gasteiger partial charge in [0.25, 0.3) is 0 Å². The average molecular weight is 356 g/mol. The van der Waals surface area contributed by atoms with Crippen LogP contribution in [0.1, 0.15) is 41.0 Å². The number of carbonyl (C=O) groups excluding carboxylic acids is 1. The zero-order chi connectivity index (χ0) is 18.7. The molecule has 4 nitrogen and oxygen atoms in total. The molecule has 23 heavy (non-hydrogen) atoms. The van der Waals surface area contributed by atoms with Gasteiger partial charge in [-0.25, -0.2) is 0 Å². The number of Topliss-reactive ketones (excluding diaryl/α,β-unsaturated/α-hetero) is 1. The second-order valence-corrected chi connectivity index (χ2v) is 5.75. The van der Waals surface area contributed by atoms with Gasteiger partial charge in [0, 0.05) is 5.92 Å². The topological polar surface area (TPSA) is 60.4 Å². The summed E-state index contributed by atoms with van der Waals surface area (Å²) in [5.41, 5.74) is -5.40. The molecule has 8 heteroatoms. The maximum absolute atomic E-state index is 11.8. The number of rotatable bonds is 4. The van der Waals surface area contributed by atoms with Gasteiger partial charge in [0.2, 0.25) is 0 Å². The Balaban J connectivity index is 0. The number of ketones is 1. The van der Waals surface area contributed by atoms with E-state index < -0.39 is 15.6 Å². The molecule has 1 unspecified atom stereocenters. The zero-order valence-corrected chi connectivity index (χ0v) is 14.7. The quantitative estimate of drug-likeness (QED) is 0.586. The summed E-state index contributed by atoms with van der Waals surface area (Å²) < 4.78 is 60.2. The maximum Gasteiger partial charge on any atom is 0.534 e. The Morgan fingerprint density at radius 2 is 1.61 bits per heavy atom. The average Bonchev–Trinajstić information content (AvgIpc) is 2.48. The van der Waals surface area contributed by atoms with E-state index in [-0.39, 0.29) is 11.7 Å². The normalized spacial score (nSPS) is 12.0. The molecule has 134 valence electrons. The standard InChI is InChI=1S/C7H5F3O3S.C6H12O.C2H6/c8-7(9,10)14(11,12)13-6-4-2-1-3-5-6;1-4-5(2)6(3)7;1-2/h1-5H;5H,4H2,1-3H3;1-2H3. The molecule has 0 bridgehead atoms. The van der Waals surface area contributed by atoms with Crippen molar-refractivity contribution in [2.75, 3.05) is 0 Å². The molecule has 0 aromatic heterocycles. The van der Waals surface area contributed by atoms with Gasteiger partial charge in [-0.15, -0.1) is 0 Å². The molecule has 0 aliphatic heterocycles. The van der Waals surface area contributed by atoms with Crippen LogP contribution in [0.25, 0.3) is 0 Å². The van der Waals surface area contributed by atoms with Crippen LogP contribution in [0.5, 0.6) is 5.75 Å². The van der Waals surface area contributed by atoms with Gasteiger partial charge in [-0.2, -0.15) is 21.6 Å². The number of alkyl halides is 3. The van der Waals surface area contributed by atoms with E-state index in [1.807, 2.05) is 27.7 Å². The molecule has 0 aliphatic rings. The van der Waals surface area contributed by atoms with Gasteiger partial charge in [0.15, 0.2) is 0 Å². The number of hydrogen-bond donors (Lipinski definition) is 0. The Hall–Kier alpha value is -1.57. The van der Waals surface area contributed by atoms with Crippen LogP contribution in [-0.4, -0.2) is 19.7 Å². The smallest absolute Gasteiger partial charge is 0.376 e. The first kappa shape index (κ1) is 23.7. The highest BCUT2D eigenvalue weighted by atomic mass is 32.2. The minimum Gasteiger partial charge on any atom is -0.376 e. The molecule has 1 aromatic carbocycles. The van der Waals surface area contributed by atoms with E-state index in [4.69, 9.17) is 0 Å². The summed E-state index contributed by atoms with van der Waals surface area (Å²) >= 11 is 0. The van der Waals surface area contributed by atoms with Crippen molar-refractivity contribution in [2.24, 2.45) is 5.92 Å². The van der Waals surface area contributed by atoms with Gasteiger partial charge in [-0.1, -0.05) is 45.9 Å². The van der Waals surface area contributed by atoms with E-state index in [0.717, 1.165) is 18.6 Å². The molecule has 0 amide bonds. The highest BCUT2D eigenvalue weighted by Crippen LogP contribution is 2.26. The van der Waals surface area contributed by atoms with E-state index in [9.17, 15) is 26.4 Å². The molecule has 0 saturated heterocycles. The fourth-order valence-corrected chi connectivity index (χ4v) is 1.40. The van der Waals surface area contributed by atoms with E-state index in [1.54, 1.807) is 6.92 Å². The van der Waals surface area contributed by atoms with Gasteiger partial charge < -0.3 is 4.18 Å². The van der Waals surface area contributed by atoms with E-state index in [1.165, 1.54) is 18.2 Å². The first-order valence-electron chi connectivity index (χ1n) is 7.07. The van der Waals surface area contributed by atoms with Crippen molar-refractivity contribution in [3.05, 3.63) is 30.3 Å². The second-order valence-electron chi connectivity index (χ2n) is 4.22. The maximum atomic E-state index is 11.8. The molecule has 0 N–H and O–H groups in total. The largest absolute Gasteiger partial charge is 0.534 e. The summed E-state index contributed by atoms with van der Waals surface area (Å²) in [7, 11) is -5.55. The van der Waals surface area contributed by atoms with Crippen molar-refractivity contribution in [3.63, 3.8) is 0 Å². The highest BCUT2D eigenvalue weighted by Gasteiger charge is 2.48. The molecular weight excluding hydrogens is 333 g/mol. The molecule has 0 heterocycles. The van der Waals surface area contributed by atoms with Crippen LogP contribution in [0.15, 0.2) is 30.3 Å². The molecule has 0 aliphatic carbocycles. The number of benzene rings is 1. The lowest BCUT2D eigenvalue weighted by atomic mass is 10.1. The molecule has 0 spiro atoms. The highest BCUT2D eigenvalue weighted by molar-refractivity contribution is 7.87. The number of carbonyl (C=O) groups is 1. The van der Waals surface area contributed by atoms with Crippen molar-refractivity contribution in [1.29, 1.82) is 0 Å². The van der Waals surface area contributed by atoms with E-state index in [2.05, 4.69) is 4.18 Å². The van der Waals surface area contributed by atoms with Gasteiger partial charge in [-0.3, -0.25) is 4.79 Å². The fraction of sp³-hybridized carbons (Fsp3) is 0.533. The van der Waals surface area contributed by atoms with Crippen molar-refractivity contribution < 1.29 is 30.6 Å². The van der Waals surface area contributed by atoms with Crippen molar-refractivity contribution >= 4 is 15.9 Å². The third kappa shape index (κ3) is 9.93. The SMILES string of the molecule is CC.CCC(C)C(C)=O.O=S(=O)(Oc1ccccc1)C(F)(F)F. The van der Waals surface area contributed by atoms with Gasteiger partial charge in [0.1, 0.15) is 11.5 Å². The third-order valence-corrected chi connectivity index (χ3v) is 3.52. The van der Waals surface area contributed by atoms with Crippen LogP contribution in [-0.2, 0) is 14.9 Å². The summed E-state index contributed by atoms with van der Waals surface area (Å²) in [6, 6.07) is 6.47. The van der Waals surface area contributed by atoms with Gasteiger partial charge >= 0.3 is 15.6 Å². The number of hydrogen-bond acceptors (Lipinski definition) is 4. The molecule has 0 fully saturated rings. The van der Waals surface area contributed by atoms with Crippen LogP contribution in [0.3, 0.4) is 0 Å². The lowest BCUT2D eigenvalue weighted by molar-refractivity contribution is -0.120. The monoisotopic (exact) mass is 356 g/mol. The Morgan fingerprint density at radius 1 is 1.17 bits per heavy atom. The van der Waals surface area contributed by atoms with Gasteiger partial charge in [-0.05, 0) is 25.5 Å². The lowest BCUT2D eigenvalue weighted by Gasteiger charge is -2.08. The summed E-state index contributed by atoms with van der Waals surface area (Å²) in [5, 5.41) is 0. The molecule has 0 radical (unpaired) electrons. The van der Waals surface area contributed by atoms with E-state index in [0.29, 0.717) is 5.78 Å². The summed E-state index contributed by atoms with van der Waals surface area (Å²) in [6.45, 7) is 9.60. The number of halogens is 3. The van der Waals surface area contributed by atoms with Crippen molar-refractivity contribution in [2.45, 2.75) is 46.5 Å². The Labute approximate surface area is 135 Å². The third-order valence-electron chi connectivity index (χ3n) is 2.54. The van der Waals surface area contributed by atoms with Crippen LogP contribution in [0.2, 0.25) is 0 Å². The molecular formula is C15H23F3O4S. The summed E-state index contributed by atoms with van der Waals surface area (Å²) in [6.07, 6.45) is 0.968. The van der Waals surface area contributed by atoms with Crippen LogP contribution in [0, 0.1) is 5.92 Å². The minimum atomic E-state index is -5.55. The Kier molecular flexibility index (Phi) is 11.4. The Morgan fingerprint density at radius 3 is 1.87 bits per heavy atom. The number of para-hydroxylation sites is 1. The Bertz CT molecular complexity index is 540. The van der Waals surface area contributed by atoms with Gasteiger partial charge in [0.05, 0.1) is 0 Å². The predicted octanol–water partition coefficient (Wildman–Crippen LogP) is 4.56. The first-order valence-corrected chi connectivity index (χ1v) is 8.48. The predicted molar refractivity (Wildman–Crippen MR) is 83.5 cm³/mol. The first-order chi connectivity index (χ1) is 10.5. The van der Waals surface area contributed by atoms with Crippen LogP contribution < -0.4 is 4.18 Å². The summed E-state index contributed by atoms with van der Waals surface area (Å²) in [4.78, 5) is 10.4. The van der Waals surface area contributed by atoms with Crippen molar-refractivity contribution in [1.82, 2.24) is 0 Å². The lowest BCUT2D eigenvalue weighted by Crippen LogP contribution is -2.27. The molecule has 1 aromatic rings. The van der Waals surface area contributed by atoms with Crippen LogP contribution in [0.4, 0.5) is 13.2 Å². The van der Waals surface area contributed by atoms with E-state index >= 15 is 0 Å². The van der Waals surface area contributed by atoms with Crippen LogP contribution >= 0.6 is 0 Å². The molecule has 1 atom stereocenters. The zero-order valence-electron chi connectivity index (χ0n) is 13.8. The summed E-state index contributed by atoms with van der Waals surface area (Å²) in [5.74, 6) is 0.187. The second kappa shape index (κ2) is 11.0.